The number of halogens is 2. The number of rotatable bonds is 7. The number of hydrogen-bond donors (Lipinski definition) is 3. The molecule has 0 aliphatic rings. The average molecular weight is 529 g/mol. The van der Waals surface area contributed by atoms with Crippen molar-refractivity contribution in [1.82, 2.24) is 10.6 Å². The van der Waals surface area contributed by atoms with Crippen LogP contribution < -0.4 is 10.6 Å². The summed E-state index contributed by atoms with van der Waals surface area (Å²) >= 11 is 1.58. The van der Waals surface area contributed by atoms with Crippen molar-refractivity contribution in [3.8, 4) is 0 Å². The predicted octanol–water partition coefficient (Wildman–Crippen LogP) is 4.20. The lowest BCUT2D eigenvalue weighted by molar-refractivity contribution is 0.181. The first-order chi connectivity index (χ1) is 13.6. The monoisotopic (exact) mass is 529 g/mol. The molecule has 156 valence electrons. The van der Waals surface area contributed by atoms with Crippen molar-refractivity contribution in [3.63, 3.8) is 0 Å². The van der Waals surface area contributed by atoms with Crippen LogP contribution in [0.25, 0.3) is 10.1 Å². The number of nitrogens with one attached hydrogen (secondary N) is 2. The first-order valence-corrected chi connectivity index (χ1v) is 9.79. The topological polar surface area (TPSA) is 65.9 Å². The molecule has 2 aromatic carbocycles. The van der Waals surface area contributed by atoms with E-state index in [2.05, 4.69) is 15.6 Å². The minimum Gasteiger partial charge on any atom is -0.386 e. The second kappa shape index (κ2) is 11.4. The molecule has 1 unspecified atom stereocenters. The number of thiophene rings is 1. The van der Waals surface area contributed by atoms with Gasteiger partial charge in [0, 0.05) is 42.4 Å². The molecular formula is C21H25FIN3O2S. The number of aliphatic hydroxyl groups is 1. The van der Waals surface area contributed by atoms with Crippen molar-refractivity contribution in [2.24, 2.45) is 4.99 Å². The van der Waals surface area contributed by atoms with Crippen LogP contribution in [0.3, 0.4) is 0 Å². The summed E-state index contributed by atoms with van der Waals surface area (Å²) in [6.45, 7) is 1.05. The predicted molar refractivity (Wildman–Crippen MR) is 128 cm³/mol. The molecule has 0 fully saturated rings. The molecule has 29 heavy (non-hydrogen) atoms. The van der Waals surface area contributed by atoms with Crippen LogP contribution in [0.5, 0.6) is 0 Å². The number of hydrogen-bond acceptors (Lipinski definition) is 4. The van der Waals surface area contributed by atoms with Crippen LogP contribution in [0, 0.1) is 5.82 Å². The van der Waals surface area contributed by atoms with Gasteiger partial charge in [-0.3, -0.25) is 4.99 Å². The summed E-state index contributed by atoms with van der Waals surface area (Å²) in [4.78, 5) is 5.08. The van der Waals surface area contributed by atoms with Crippen LogP contribution in [-0.4, -0.2) is 31.8 Å². The van der Waals surface area contributed by atoms with E-state index in [1.165, 1.54) is 13.2 Å². The molecule has 8 heteroatoms. The van der Waals surface area contributed by atoms with E-state index in [0.717, 1.165) is 20.5 Å². The van der Waals surface area contributed by atoms with Crippen molar-refractivity contribution >= 4 is 51.4 Å². The van der Waals surface area contributed by atoms with Gasteiger partial charge < -0.3 is 20.5 Å². The molecule has 0 aliphatic carbocycles. The van der Waals surface area contributed by atoms with E-state index in [1.807, 2.05) is 30.3 Å². The van der Waals surface area contributed by atoms with Gasteiger partial charge in [-0.25, -0.2) is 4.39 Å². The second-order valence-electron chi connectivity index (χ2n) is 6.37. The van der Waals surface area contributed by atoms with E-state index in [4.69, 9.17) is 4.74 Å². The Labute approximate surface area is 191 Å². The highest BCUT2D eigenvalue weighted by Gasteiger charge is 2.12. The molecule has 0 amide bonds. The fourth-order valence-corrected chi connectivity index (χ4v) is 3.92. The molecule has 1 atom stereocenters. The van der Waals surface area contributed by atoms with E-state index in [9.17, 15) is 9.50 Å². The van der Waals surface area contributed by atoms with Crippen LogP contribution >= 0.6 is 35.3 Å². The van der Waals surface area contributed by atoms with Crippen molar-refractivity contribution in [2.75, 3.05) is 20.7 Å². The summed E-state index contributed by atoms with van der Waals surface area (Å²) in [5.41, 5.74) is 1.44. The highest BCUT2D eigenvalue weighted by atomic mass is 127. The van der Waals surface area contributed by atoms with E-state index in [1.54, 1.807) is 30.5 Å². The molecule has 0 aliphatic heterocycles. The maximum Gasteiger partial charge on any atom is 0.191 e. The highest BCUT2D eigenvalue weighted by molar-refractivity contribution is 14.0. The van der Waals surface area contributed by atoms with Gasteiger partial charge in [0.05, 0.1) is 6.61 Å². The Hall–Kier alpha value is -1.75. The minimum atomic E-state index is -0.630. The van der Waals surface area contributed by atoms with Crippen LogP contribution in [-0.2, 0) is 17.9 Å². The summed E-state index contributed by atoms with van der Waals surface area (Å²) in [7, 11) is 3.21. The highest BCUT2D eigenvalue weighted by Crippen LogP contribution is 2.29. The Kier molecular flexibility index (Phi) is 9.28. The van der Waals surface area contributed by atoms with Gasteiger partial charge in [0.15, 0.2) is 5.96 Å². The smallest absolute Gasteiger partial charge is 0.191 e. The lowest BCUT2D eigenvalue weighted by atomic mass is 10.1. The second-order valence-corrected chi connectivity index (χ2v) is 7.48. The Morgan fingerprint density at radius 1 is 1.21 bits per heavy atom. The summed E-state index contributed by atoms with van der Waals surface area (Å²) in [5.74, 6) is 0.289. The van der Waals surface area contributed by atoms with Gasteiger partial charge in [-0.2, -0.15) is 0 Å². The fraction of sp³-hybridized carbons (Fsp3) is 0.286. The molecule has 3 aromatic rings. The van der Waals surface area contributed by atoms with Crippen molar-refractivity contribution in [1.29, 1.82) is 0 Å². The Morgan fingerprint density at radius 3 is 2.72 bits per heavy atom. The third-order valence-corrected chi connectivity index (χ3v) is 5.55. The number of aliphatic hydroxyl groups excluding tert-OH is 1. The van der Waals surface area contributed by atoms with E-state index in [-0.39, 0.29) is 36.4 Å². The molecule has 0 saturated carbocycles. The van der Waals surface area contributed by atoms with Crippen molar-refractivity contribution < 1.29 is 14.2 Å². The van der Waals surface area contributed by atoms with E-state index >= 15 is 0 Å². The summed E-state index contributed by atoms with van der Waals surface area (Å²) in [5, 5.41) is 17.9. The molecule has 0 bridgehead atoms. The number of fused-ring (bicyclic) bond motifs is 1. The van der Waals surface area contributed by atoms with Gasteiger partial charge in [-0.15, -0.1) is 35.3 Å². The Balaban J connectivity index is 0.00000300. The first kappa shape index (κ1) is 23.5. The largest absolute Gasteiger partial charge is 0.386 e. The third-order valence-electron chi connectivity index (χ3n) is 4.33. The SMILES string of the molecule is CN=C(NCc1ccc(F)c(COC)c1)NCC(O)c1cc2ccccc2s1.I. The van der Waals surface area contributed by atoms with Crippen molar-refractivity contribution in [2.45, 2.75) is 19.3 Å². The molecular weight excluding hydrogens is 504 g/mol. The molecule has 1 heterocycles. The lowest BCUT2D eigenvalue weighted by Gasteiger charge is -2.15. The number of aliphatic imine (C=N–C) groups is 1. The molecule has 5 nitrogen and oxygen atoms in total. The number of ether oxygens (including phenoxy) is 1. The lowest BCUT2D eigenvalue weighted by Crippen LogP contribution is -2.38. The molecule has 1 aromatic heterocycles. The quantitative estimate of drug-likeness (QED) is 0.244. The van der Waals surface area contributed by atoms with Gasteiger partial charge in [-0.05, 0) is 35.2 Å². The molecule has 3 rings (SSSR count). The summed E-state index contributed by atoms with van der Waals surface area (Å²) in [6.07, 6.45) is -0.630. The van der Waals surface area contributed by atoms with Crippen LogP contribution in [0.1, 0.15) is 22.1 Å². The standard InChI is InChI=1S/C21H24FN3O2S.HI/c1-23-21(24-11-14-7-8-17(22)16(9-14)13-27-2)25-12-18(26)20-10-15-5-3-4-6-19(15)28-20;/h3-10,18,26H,11-13H2,1-2H3,(H2,23,24,25);1H. The minimum absolute atomic E-state index is 0. The molecule has 0 spiro atoms. The normalized spacial score (nSPS) is 12.5. The van der Waals surface area contributed by atoms with Gasteiger partial charge in [0.2, 0.25) is 0 Å². The van der Waals surface area contributed by atoms with Gasteiger partial charge in [-0.1, -0.05) is 24.3 Å². The number of guanidine groups is 1. The van der Waals surface area contributed by atoms with Crippen LogP contribution in [0.2, 0.25) is 0 Å². The third kappa shape index (κ3) is 6.36. The summed E-state index contributed by atoms with van der Waals surface area (Å²) in [6, 6.07) is 15.0. The Morgan fingerprint density at radius 2 is 2.00 bits per heavy atom. The zero-order valence-electron chi connectivity index (χ0n) is 16.3. The van der Waals surface area contributed by atoms with Crippen LogP contribution in [0.15, 0.2) is 53.5 Å². The maximum absolute atomic E-state index is 13.7. The molecule has 0 saturated heterocycles. The number of methoxy groups -OCH3 is 1. The van der Waals surface area contributed by atoms with Gasteiger partial charge in [0.1, 0.15) is 11.9 Å². The van der Waals surface area contributed by atoms with E-state index in [0.29, 0.717) is 24.6 Å². The Bertz CT molecular complexity index is 931. The maximum atomic E-state index is 13.7. The van der Waals surface area contributed by atoms with Crippen molar-refractivity contribution in [3.05, 3.63) is 70.4 Å². The number of benzene rings is 2. The number of nitrogens with zero attached hydrogens (tertiary/aromatic N) is 1. The van der Waals surface area contributed by atoms with E-state index < -0.39 is 6.10 Å². The zero-order valence-corrected chi connectivity index (χ0v) is 19.5. The summed E-state index contributed by atoms with van der Waals surface area (Å²) < 4.78 is 19.9. The molecule has 0 radical (unpaired) electrons. The fourth-order valence-electron chi connectivity index (χ4n) is 2.87. The zero-order chi connectivity index (χ0) is 19.9. The first-order valence-electron chi connectivity index (χ1n) is 8.98. The average Bonchev–Trinajstić information content (AvgIpc) is 3.14. The van der Waals surface area contributed by atoms with Gasteiger partial charge >= 0.3 is 0 Å². The van der Waals surface area contributed by atoms with Gasteiger partial charge in [0.25, 0.3) is 0 Å². The molecule has 3 N–H and O–H groups in total. The van der Waals surface area contributed by atoms with Crippen LogP contribution in [0.4, 0.5) is 4.39 Å².